The number of rotatable bonds is 4. The third kappa shape index (κ3) is 3.33. The molecule has 0 aliphatic heterocycles. The second-order valence-corrected chi connectivity index (χ2v) is 5.46. The van der Waals surface area contributed by atoms with Gasteiger partial charge in [-0.2, -0.15) is 0 Å². The molecule has 3 nitrogen and oxygen atoms in total. The summed E-state index contributed by atoms with van der Waals surface area (Å²) in [4.78, 5) is 12.3. The van der Waals surface area contributed by atoms with Crippen LogP contribution in [0.3, 0.4) is 0 Å². The van der Waals surface area contributed by atoms with Gasteiger partial charge < -0.3 is 10.4 Å². The second-order valence-electron chi connectivity index (χ2n) is 4.52. The second kappa shape index (κ2) is 6.48. The van der Waals surface area contributed by atoms with Crippen LogP contribution in [0, 0.1) is 6.92 Å². The summed E-state index contributed by atoms with van der Waals surface area (Å²) < 4.78 is 0. The fourth-order valence-corrected chi connectivity index (χ4v) is 2.62. The van der Waals surface area contributed by atoms with Gasteiger partial charge in [-0.15, -0.1) is 11.8 Å². The Kier molecular flexibility index (Phi) is 4.69. The zero-order chi connectivity index (χ0) is 14.5. The van der Waals surface area contributed by atoms with Crippen molar-refractivity contribution in [2.45, 2.75) is 12.2 Å². The van der Waals surface area contributed by atoms with Crippen LogP contribution in [-0.4, -0.2) is 17.3 Å². The topological polar surface area (TPSA) is 49.3 Å². The molecule has 1 amide bonds. The summed E-state index contributed by atoms with van der Waals surface area (Å²) in [7, 11) is 0. The molecule has 4 heteroatoms. The normalized spacial score (nSPS) is 11.9. The summed E-state index contributed by atoms with van der Waals surface area (Å²) in [6, 6.07) is 14.8. The first-order chi connectivity index (χ1) is 9.61. The molecule has 20 heavy (non-hydrogen) atoms. The molecule has 2 rings (SSSR count). The van der Waals surface area contributed by atoms with Crippen molar-refractivity contribution in [2.75, 3.05) is 11.6 Å². The van der Waals surface area contributed by atoms with Crippen molar-refractivity contribution in [1.29, 1.82) is 0 Å². The lowest BCUT2D eigenvalue weighted by molar-refractivity contribution is -0.115. The Labute approximate surface area is 123 Å². The summed E-state index contributed by atoms with van der Waals surface area (Å²) in [5, 5.41) is 12.2. The van der Waals surface area contributed by atoms with Crippen LogP contribution in [0.25, 0.3) is 0 Å². The molecule has 0 fully saturated rings. The van der Waals surface area contributed by atoms with E-state index in [0.29, 0.717) is 5.69 Å². The van der Waals surface area contributed by atoms with Gasteiger partial charge in [0.1, 0.15) is 11.0 Å². The van der Waals surface area contributed by atoms with Crippen LogP contribution in [0.5, 0.6) is 5.75 Å². The van der Waals surface area contributed by atoms with Gasteiger partial charge in [0.15, 0.2) is 0 Å². The molecule has 0 bridgehead atoms. The van der Waals surface area contributed by atoms with Gasteiger partial charge in [0.25, 0.3) is 0 Å². The molecule has 0 radical (unpaired) electrons. The van der Waals surface area contributed by atoms with E-state index in [1.807, 2.05) is 43.5 Å². The van der Waals surface area contributed by atoms with E-state index in [1.165, 1.54) is 11.8 Å². The first kappa shape index (κ1) is 14.5. The fourth-order valence-electron chi connectivity index (χ4n) is 1.92. The Morgan fingerprint density at radius 3 is 2.50 bits per heavy atom. The Balaban J connectivity index is 2.15. The van der Waals surface area contributed by atoms with Crippen LogP contribution in [0.15, 0.2) is 48.5 Å². The van der Waals surface area contributed by atoms with Gasteiger partial charge in [0, 0.05) is 11.8 Å². The van der Waals surface area contributed by atoms with Gasteiger partial charge in [-0.05, 0) is 30.4 Å². The fraction of sp³-hybridized carbons (Fsp3) is 0.188. The monoisotopic (exact) mass is 287 g/mol. The molecule has 104 valence electrons. The van der Waals surface area contributed by atoms with Gasteiger partial charge in [-0.3, -0.25) is 4.79 Å². The number of phenolic OH excluding ortho intramolecular Hbond substituents is 1. The predicted octanol–water partition coefficient (Wildman–Crippen LogP) is 3.74. The van der Waals surface area contributed by atoms with Crippen LogP contribution in [0.1, 0.15) is 16.4 Å². The number of nitrogens with one attached hydrogen (secondary N) is 1. The van der Waals surface area contributed by atoms with Crippen LogP contribution in [0.2, 0.25) is 0 Å². The van der Waals surface area contributed by atoms with E-state index in [9.17, 15) is 9.90 Å². The van der Waals surface area contributed by atoms with Crippen LogP contribution in [-0.2, 0) is 4.79 Å². The summed E-state index contributed by atoms with van der Waals surface area (Å²) in [6.45, 7) is 1.82. The highest BCUT2D eigenvalue weighted by Crippen LogP contribution is 2.29. The van der Waals surface area contributed by atoms with Crippen molar-refractivity contribution in [1.82, 2.24) is 0 Å². The summed E-state index contributed by atoms with van der Waals surface area (Å²) >= 11 is 1.48. The molecule has 2 N–H and O–H groups in total. The van der Waals surface area contributed by atoms with E-state index in [2.05, 4.69) is 5.32 Å². The van der Waals surface area contributed by atoms with Crippen molar-refractivity contribution >= 4 is 23.4 Å². The zero-order valence-corrected chi connectivity index (χ0v) is 12.3. The number of phenols is 1. The number of benzene rings is 2. The lowest BCUT2D eigenvalue weighted by Crippen LogP contribution is -2.18. The summed E-state index contributed by atoms with van der Waals surface area (Å²) in [6.07, 6.45) is 1.91. The summed E-state index contributed by atoms with van der Waals surface area (Å²) in [5.74, 6) is 0.0927. The van der Waals surface area contributed by atoms with Crippen molar-refractivity contribution < 1.29 is 9.90 Å². The molecule has 0 saturated heterocycles. The maximum Gasteiger partial charge on any atom is 0.241 e. The van der Waals surface area contributed by atoms with Gasteiger partial charge in [-0.25, -0.2) is 0 Å². The molecule has 0 unspecified atom stereocenters. The molecule has 0 aromatic heterocycles. The molecule has 2 aromatic carbocycles. The number of carbonyl (C=O) groups excluding carboxylic acids is 1. The standard InChI is InChI=1S/C16H17NO2S/c1-11-8-9-13(10-14(11)18)17-16(19)15(20-2)12-6-4-3-5-7-12/h3-10,15,18H,1-2H3,(H,17,19)/t15-/m0/s1. The lowest BCUT2D eigenvalue weighted by atomic mass is 10.1. The third-order valence-electron chi connectivity index (χ3n) is 3.05. The molecule has 1 atom stereocenters. The highest BCUT2D eigenvalue weighted by atomic mass is 32.2. The molecule has 0 spiro atoms. The van der Waals surface area contributed by atoms with Crippen LogP contribution in [0.4, 0.5) is 5.69 Å². The van der Waals surface area contributed by atoms with Crippen molar-refractivity contribution in [3.63, 3.8) is 0 Å². The van der Waals surface area contributed by atoms with E-state index in [0.717, 1.165) is 11.1 Å². The Morgan fingerprint density at radius 2 is 1.90 bits per heavy atom. The average Bonchev–Trinajstić information content (AvgIpc) is 2.45. The number of aryl methyl sites for hydroxylation is 1. The van der Waals surface area contributed by atoms with E-state index < -0.39 is 0 Å². The van der Waals surface area contributed by atoms with Crippen molar-refractivity contribution in [3.05, 3.63) is 59.7 Å². The quantitative estimate of drug-likeness (QED) is 0.900. The Morgan fingerprint density at radius 1 is 1.20 bits per heavy atom. The minimum Gasteiger partial charge on any atom is -0.508 e. The number of aromatic hydroxyl groups is 1. The number of amides is 1. The van der Waals surface area contributed by atoms with Crippen molar-refractivity contribution in [3.8, 4) is 5.75 Å². The van der Waals surface area contributed by atoms with Gasteiger partial charge in [-0.1, -0.05) is 36.4 Å². The van der Waals surface area contributed by atoms with Gasteiger partial charge in [0.2, 0.25) is 5.91 Å². The predicted molar refractivity (Wildman–Crippen MR) is 84.2 cm³/mol. The maximum atomic E-state index is 12.3. The van der Waals surface area contributed by atoms with Gasteiger partial charge in [0.05, 0.1) is 0 Å². The minimum absolute atomic E-state index is 0.0908. The first-order valence-corrected chi connectivity index (χ1v) is 7.59. The molecule has 0 heterocycles. The van der Waals surface area contributed by atoms with E-state index in [-0.39, 0.29) is 16.9 Å². The van der Waals surface area contributed by atoms with E-state index in [1.54, 1.807) is 18.2 Å². The number of thioether (sulfide) groups is 1. The minimum atomic E-state index is -0.264. The number of hydrogen-bond donors (Lipinski definition) is 2. The first-order valence-electron chi connectivity index (χ1n) is 6.30. The highest BCUT2D eigenvalue weighted by Gasteiger charge is 2.19. The summed E-state index contributed by atoms with van der Waals surface area (Å²) in [5.41, 5.74) is 2.36. The van der Waals surface area contributed by atoms with E-state index in [4.69, 9.17) is 0 Å². The largest absolute Gasteiger partial charge is 0.508 e. The Hall–Kier alpha value is -1.94. The lowest BCUT2D eigenvalue weighted by Gasteiger charge is -2.15. The molecule has 0 aliphatic carbocycles. The number of hydrogen-bond acceptors (Lipinski definition) is 3. The van der Waals surface area contributed by atoms with Crippen LogP contribution >= 0.6 is 11.8 Å². The molecule has 0 aliphatic rings. The SMILES string of the molecule is CS[C@H](C(=O)Nc1ccc(C)c(O)c1)c1ccccc1. The maximum absolute atomic E-state index is 12.3. The van der Waals surface area contributed by atoms with Crippen molar-refractivity contribution in [2.24, 2.45) is 0 Å². The van der Waals surface area contributed by atoms with Crippen LogP contribution < -0.4 is 5.32 Å². The number of carbonyl (C=O) groups is 1. The highest BCUT2D eigenvalue weighted by molar-refractivity contribution is 7.99. The van der Waals surface area contributed by atoms with Gasteiger partial charge >= 0.3 is 0 Å². The van der Waals surface area contributed by atoms with E-state index >= 15 is 0 Å². The molecular weight excluding hydrogens is 270 g/mol. The average molecular weight is 287 g/mol. The Bertz CT molecular complexity index is 599. The smallest absolute Gasteiger partial charge is 0.241 e. The number of anilines is 1. The molecule has 2 aromatic rings. The molecule has 0 saturated carbocycles. The molecular formula is C16H17NO2S. The third-order valence-corrected chi connectivity index (χ3v) is 4.01. The zero-order valence-electron chi connectivity index (χ0n) is 11.5.